The second-order valence-corrected chi connectivity index (χ2v) is 5.24. The van der Waals surface area contributed by atoms with Crippen LogP contribution in [0.1, 0.15) is 29.8 Å². The van der Waals surface area contributed by atoms with E-state index in [2.05, 4.69) is 15.0 Å². The third-order valence-electron chi connectivity index (χ3n) is 3.60. The molecule has 0 spiro atoms. The lowest BCUT2D eigenvalue weighted by atomic mass is 9.93. The molecule has 114 valence electrons. The van der Waals surface area contributed by atoms with E-state index in [4.69, 9.17) is 9.47 Å². The molecule has 6 nitrogen and oxygen atoms in total. The van der Waals surface area contributed by atoms with Crippen LogP contribution < -0.4 is 4.74 Å². The summed E-state index contributed by atoms with van der Waals surface area (Å²) in [5, 5.41) is 0. The van der Waals surface area contributed by atoms with Gasteiger partial charge in [0.05, 0.1) is 12.4 Å². The number of pyridine rings is 1. The van der Waals surface area contributed by atoms with Gasteiger partial charge in [0, 0.05) is 31.9 Å². The molecular weight excluding hydrogens is 282 g/mol. The average Bonchev–Trinajstić information content (AvgIpc) is 2.57. The average molecular weight is 299 g/mol. The van der Waals surface area contributed by atoms with Crippen LogP contribution in [0.4, 0.5) is 0 Å². The van der Waals surface area contributed by atoms with Gasteiger partial charge in [-0.1, -0.05) is 0 Å². The van der Waals surface area contributed by atoms with Gasteiger partial charge < -0.3 is 9.47 Å². The van der Waals surface area contributed by atoms with Crippen LogP contribution in [0, 0.1) is 5.92 Å². The van der Waals surface area contributed by atoms with E-state index in [1.165, 1.54) is 6.33 Å². The van der Waals surface area contributed by atoms with Gasteiger partial charge in [-0.2, -0.15) is 0 Å². The van der Waals surface area contributed by atoms with Gasteiger partial charge in [0.2, 0.25) is 0 Å². The number of Topliss-reactive ketones (excluding diaryl/α,β-unsaturated/α-hetero) is 1. The van der Waals surface area contributed by atoms with Gasteiger partial charge in [0.15, 0.2) is 11.5 Å². The predicted octanol–water partition coefficient (Wildman–Crippen LogP) is 2.66. The van der Waals surface area contributed by atoms with E-state index in [0.29, 0.717) is 29.5 Å². The molecule has 2 aromatic rings. The highest BCUT2D eigenvalue weighted by molar-refractivity contribution is 5.94. The summed E-state index contributed by atoms with van der Waals surface area (Å²) in [4.78, 5) is 24.3. The summed E-state index contributed by atoms with van der Waals surface area (Å²) in [6.45, 7) is 1.48. The third kappa shape index (κ3) is 3.85. The minimum Gasteiger partial charge on any atom is -0.454 e. The zero-order valence-corrected chi connectivity index (χ0v) is 12.1. The van der Waals surface area contributed by atoms with Crippen molar-refractivity contribution in [3.8, 4) is 11.5 Å². The molecule has 1 aliphatic rings. The Bertz CT molecular complexity index is 628. The summed E-state index contributed by atoms with van der Waals surface area (Å²) in [6.07, 6.45) is 8.52. The SMILES string of the molecule is O=C(CC1CCOCC1)c1cc(Oc2cncnc2)ccn1. The fourth-order valence-electron chi connectivity index (χ4n) is 2.42. The lowest BCUT2D eigenvalue weighted by Crippen LogP contribution is -2.19. The Morgan fingerprint density at radius 2 is 2.00 bits per heavy atom. The lowest BCUT2D eigenvalue weighted by molar-refractivity contribution is 0.0599. The zero-order chi connectivity index (χ0) is 15.2. The molecule has 22 heavy (non-hydrogen) atoms. The summed E-state index contributed by atoms with van der Waals surface area (Å²) in [5.74, 6) is 1.51. The van der Waals surface area contributed by atoms with Crippen LogP contribution in [-0.4, -0.2) is 33.9 Å². The number of ether oxygens (including phenoxy) is 2. The number of carbonyl (C=O) groups is 1. The number of ketones is 1. The van der Waals surface area contributed by atoms with Crippen molar-refractivity contribution in [2.75, 3.05) is 13.2 Å². The van der Waals surface area contributed by atoms with E-state index >= 15 is 0 Å². The van der Waals surface area contributed by atoms with Gasteiger partial charge in [0.1, 0.15) is 17.8 Å². The van der Waals surface area contributed by atoms with Crippen LogP contribution in [-0.2, 0) is 4.74 Å². The van der Waals surface area contributed by atoms with Crippen molar-refractivity contribution in [3.63, 3.8) is 0 Å². The summed E-state index contributed by atoms with van der Waals surface area (Å²) >= 11 is 0. The first kappa shape index (κ1) is 14.6. The number of hydrogen-bond acceptors (Lipinski definition) is 6. The Balaban J connectivity index is 1.66. The van der Waals surface area contributed by atoms with Crippen LogP contribution in [0.25, 0.3) is 0 Å². The molecule has 1 saturated heterocycles. The Morgan fingerprint density at radius 1 is 1.23 bits per heavy atom. The summed E-state index contributed by atoms with van der Waals surface area (Å²) in [7, 11) is 0. The van der Waals surface area contributed by atoms with Gasteiger partial charge in [-0.15, -0.1) is 0 Å². The number of nitrogens with zero attached hydrogens (tertiary/aromatic N) is 3. The molecule has 1 fully saturated rings. The molecular formula is C16H17N3O3. The normalized spacial score (nSPS) is 15.5. The first-order valence-corrected chi connectivity index (χ1v) is 7.31. The minimum absolute atomic E-state index is 0.0432. The van der Waals surface area contributed by atoms with Crippen LogP contribution in [0.15, 0.2) is 37.1 Å². The van der Waals surface area contributed by atoms with Crippen LogP contribution >= 0.6 is 0 Å². The van der Waals surface area contributed by atoms with E-state index < -0.39 is 0 Å². The fourth-order valence-corrected chi connectivity index (χ4v) is 2.42. The summed E-state index contributed by atoms with van der Waals surface area (Å²) in [5.41, 5.74) is 0.431. The number of rotatable bonds is 5. The van der Waals surface area contributed by atoms with Gasteiger partial charge in [0.25, 0.3) is 0 Å². The Hall–Kier alpha value is -2.34. The molecule has 0 bridgehead atoms. The molecule has 2 aromatic heterocycles. The number of carbonyl (C=O) groups excluding carboxylic acids is 1. The molecule has 3 heterocycles. The van der Waals surface area contributed by atoms with Gasteiger partial charge in [-0.05, 0) is 24.8 Å². The topological polar surface area (TPSA) is 74.2 Å². The highest BCUT2D eigenvalue weighted by atomic mass is 16.5. The van der Waals surface area contributed by atoms with Gasteiger partial charge in [-0.3, -0.25) is 9.78 Å². The Kier molecular flexibility index (Phi) is 4.70. The largest absolute Gasteiger partial charge is 0.454 e. The quantitative estimate of drug-likeness (QED) is 0.790. The molecule has 0 aromatic carbocycles. The number of aromatic nitrogens is 3. The minimum atomic E-state index is 0.0432. The maximum Gasteiger partial charge on any atom is 0.181 e. The van der Waals surface area contributed by atoms with E-state index in [1.807, 2.05) is 0 Å². The molecule has 0 amide bonds. The summed E-state index contributed by atoms with van der Waals surface area (Å²) < 4.78 is 10.9. The highest BCUT2D eigenvalue weighted by Crippen LogP contribution is 2.23. The fraction of sp³-hybridized carbons (Fsp3) is 0.375. The first-order chi connectivity index (χ1) is 10.8. The van der Waals surface area contributed by atoms with Crippen molar-refractivity contribution < 1.29 is 14.3 Å². The van der Waals surface area contributed by atoms with Crippen molar-refractivity contribution >= 4 is 5.78 Å². The Labute approximate surface area is 128 Å². The number of hydrogen-bond donors (Lipinski definition) is 0. The van der Waals surface area contributed by atoms with Crippen molar-refractivity contribution in [2.45, 2.75) is 19.3 Å². The Morgan fingerprint density at radius 3 is 2.77 bits per heavy atom. The molecule has 0 saturated carbocycles. The van der Waals surface area contributed by atoms with Gasteiger partial charge >= 0.3 is 0 Å². The van der Waals surface area contributed by atoms with Crippen LogP contribution in [0.2, 0.25) is 0 Å². The lowest BCUT2D eigenvalue weighted by Gasteiger charge is -2.21. The smallest absolute Gasteiger partial charge is 0.181 e. The van der Waals surface area contributed by atoms with Crippen molar-refractivity contribution in [2.24, 2.45) is 5.92 Å². The van der Waals surface area contributed by atoms with Crippen molar-refractivity contribution in [3.05, 3.63) is 42.7 Å². The molecule has 0 atom stereocenters. The van der Waals surface area contributed by atoms with Gasteiger partial charge in [-0.25, -0.2) is 9.97 Å². The van der Waals surface area contributed by atoms with E-state index in [9.17, 15) is 4.79 Å². The predicted molar refractivity (Wildman–Crippen MR) is 78.8 cm³/mol. The molecule has 0 radical (unpaired) electrons. The maximum absolute atomic E-state index is 12.3. The summed E-state index contributed by atoms with van der Waals surface area (Å²) in [6, 6.07) is 3.37. The monoisotopic (exact) mass is 299 g/mol. The molecule has 0 unspecified atom stereocenters. The second-order valence-electron chi connectivity index (χ2n) is 5.24. The second kappa shape index (κ2) is 7.09. The molecule has 6 heteroatoms. The van der Waals surface area contributed by atoms with Crippen molar-refractivity contribution in [1.29, 1.82) is 0 Å². The molecule has 1 aliphatic heterocycles. The molecule has 0 N–H and O–H groups in total. The standard InChI is InChI=1S/C16H17N3O3/c20-16(7-12-2-5-21-6-3-12)15-8-13(1-4-19-15)22-14-9-17-11-18-10-14/h1,4,8-12H,2-3,5-7H2. The maximum atomic E-state index is 12.3. The molecule has 0 aliphatic carbocycles. The van der Waals surface area contributed by atoms with E-state index in [1.54, 1.807) is 30.7 Å². The van der Waals surface area contributed by atoms with E-state index in [-0.39, 0.29) is 5.78 Å². The van der Waals surface area contributed by atoms with Crippen LogP contribution in [0.5, 0.6) is 11.5 Å². The third-order valence-corrected chi connectivity index (χ3v) is 3.60. The zero-order valence-electron chi connectivity index (χ0n) is 12.1. The molecule has 3 rings (SSSR count). The van der Waals surface area contributed by atoms with Crippen LogP contribution in [0.3, 0.4) is 0 Å². The van der Waals surface area contributed by atoms with Crippen molar-refractivity contribution in [1.82, 2.24) is 15.0 Å². The first-order valence-electron chi connectivity index (χ1n) is 7.31. The highest BCUT2D eigenvalue weighted by Gasteiger charge is 2.19. The van der Waals surface area contributed by atoms with E-state index in [0.717, 1.165) is 26.1 Å².